The van der Waals surface area contributed by atoms with Gasteiger partial charge in [0, 0.05) is 16.8 Å². The van der Waals surface area contributed by atoms with Crippen LogP contribution in [0.5, 0.6) is 5.75 Å². The molecule has 0 saturated heterocycles. The summed E-state index contributed by atoms with van der Waals surface area (Å²) in [6.45, 7) is 1.88. The molecule has 0 spiro atoms. The van der Waals surface area contributed by atoms with Crippen molar-refractivity contribution in [2.24, 2.45) is 22.7 Å². The molecule has 0 radical (unpaired) electrons. The topological polar surface area (TPSA) is 32.6 Å². The molecule has 4 aliphatic carbocycles. The van der Waals surface area contributed by atoms with Gasteiger partial charge in [0.15, 0.2) is 0 Å². The fourth-order valence-corrected chi connectivity index (χ4v) is 5.57. The van der Waals surface area contributed by atoms with Crippen molar-refractivity contribution in [1.82, 2.24) is 0 Å². The zero-order chi connectivity index (χ0) is 14.6. The Hall–Kier alpha value is -1.02. The molecule has 0 aliphatic heterocycles. The molecule has 1 N–H and O–H groups in total. The lowest BCUT2D eigenvalue weighted by atomic mass is 9.53. The van der Waals surface area contributed by atoms with Crippen molar-refractivity contribution in [3.8, 4) is 5.75 Å². The Balaban J connectivity index is 1.64. The van der Waals surface area contributed by atoms with Crippen molar-refractivity contribution >= 4 is 17.8 Å². The highest BCUT2D eigenvalue weighted by Gasteiger charge is 2.50. The number of rotatable bonds is 2. The fourth-order valence-electron chi connectivity index (χ4n) is 5.29. The summed E-state index contributed by atoms with van der Waals surface area (Å²) in [6.07, 6.45) is 9.89. The third kappa shape index (κ3) is 2.38. The number of aryl methyl sites for hydroxylation is 1. The minimum atomic E-state index is 0.150. The van der Waals surface area contributed by atoms with E-state index in [0.29, 0.717) is 10.8 Å². The van der Waals surface area contributed by atoms with Crippen LogP contribution in [0.2, 0.25) is 5.02 Å². The van der Waals surface area contributed by atoms with Gasteiger partial charge < -0.3 is 5.11 Å². The quantitative estimate of drug-likeness (QED) is 0.786. The lowest BCUT2D eigenvalue weighted by molar-refractivity contribution is 0.00194. The minimum absolute atomic E-state index is 0.150. The second-order valence-electron chi connectivity index (χ2n) is 7.56. The molecule has 2 nitrogen and oxygen atoms in total. The summed E-state index contributed by atoms with van der Waals surface area (Å²) in [5, 5.41) is 10.8. The Morgan fingerprint density at radius 2 is 1.71 bits per heavy atom. The van der Waals surface area contributed by atoms with E-state index < -0.39 is 0 Å². The van der Waals surface area contributed by atoms with Gasteiger partial charge in [-0.25, -0.2) is 0 Å². The molecule has 4 bridgehead atoms. The first-order valence-electron chi connectivity index (χ1n) is 8.07. The molecule has 0 heterocycles. The van der Waals surface area contributed by atoms with Crippen LogP contribution < -0.4 is 0 Å². The fraction of sp³-hybridized carbons (Fsp3) is 0.611. The van der Waals surface area contributed by atoms with Crippen molar-refractivity contribution in [3.05, 3.63) is 28.3 Å². The highest BCUT2D eigenvalue weighted by Crippen LogP contribution is 2.57. The van der Waals surface area contributed by atoms with E-state index in [1.54, 1.807) is 6.07 Å². The van der Waals surface area contributed by atoms with E-state index >= 15 is 0 Å². The Labute approximate surface area is 131 Å². The van der Waals surface area contributed by atoms with Crippen LogP contribution in [0.1, 0.15) is 49.7 Å². The van der Waals surface area contributed by atoms with Crippen LogP contribution in [0.15, 0.2) is 17.1 Å². The van der Waals surface area contributed by atoms with Gasteiger partial charge in [-0.05, 0) is 80.9 Å². The van der Waals surface area contributed by atoms with Gasteiger partial charge in [0.05, 0.1) is 5.54 Å². The smallest absolute Gasteiger partial charge is 0.127 e. The molecule has 5 rings (SSSR count). The van der Waals surface area contributed by atoms with E-state index in [0.717, 1.165) is 28.9 Å². The summed E-state index contributed by atoms with van der Waals surface area (Å²) in [6, 6.07) is 3.60. The van der Waals surface area contributed by atoms with Gasteiger partial charge in [-0.3, -0.25) is 4.99 Å². The van der Waals surface area contributed by atoms with Crippen molar-refractivity contribution < 1.29 is 5.11 Å². The molecule has 4 aliphatic rings. The molecular weight excluding hydrogens is 282 g/mol. The monoisotopic (exact) mass is 303 g/mol. The number of phenolic OH excluding ortho intramolecular Hbond substituents is 1. The maximum atomic E-state index is 10.2. The highest BCUT2D eigenvalue weighted by atomic mass is 35.5. The number of hydrogen-bond acceptors (Lipinski definition) is 2. The van der Waals surface area contributed by atoms with Crippen LogP contribution >= 0.6 is 11.6 Å². The van der Waals surface area contributed by atoms with Crippen LogP contribution in [0.4, 0.5) is 0 Å². The molecule has 3 heteroatoms. The number of benzene rings is 1. The first kappa shape index (κ1) is 13.6. The van der Waals surface area contributed by atoms with Crippen molar-refractivity contribution in [1.29, 1.82) is 0 Å². The molecule has 1 aromatic rings. The van der Waals surface area contributed by atoms with Crippen LogP contribution in [0, 0.1) is 24.7 Å². The average Bonchev–Trinajstić information content (AvgIpc) is 2.40. The first-order chi connectivity index (χ1) is 10.0. The summed E-state index contributed by atoms with van der Waals surface area (Å²) in [4.78, 5) is 4.99. The third-order valence-electron chi connectivity index (χ3n) is 5.78. The summed E-state index contributed by atoms with van der Waals surface area (Å²) in [7, 11) is 0. The predicted octanol–water partition coefficient (Wildman–Crippen LogP) is 4.74. The van der Waals surface area contributed by atoms with Gasteiger partial charge in [-0.2, -0.15) is 0 Å². The Bertz CT molecular complexity index is 572. The summed E-state index contributed by atoms with van der Waals surface area (Å²) < 4.78 is 0. The lowest BCUT2D eigenvalue weighted by Crippen LogP contribution is -2.49. The largest absolute Gasteiger partial charge is 0.507 e. The molecule has 0 aromatic heterocycles. The first-order valence-corrected chi connectivity index (χ1v) is 8.45. The number of hydrogen-bond donors (Lipinski definition) is 1. The molecule has 112 valence electrons. The summed E-state index contributed by atoms with van der Waals surface area (Å²) in [5.41, 5.74) is 1.72. The number of phenols is 1. The minimum Gasteiger partial charge on any atom is -0.507 e. The zero-order valence-electron chi connectivity index (χ0n) is 12.5. The van der Waals surface area contributed by atoms with E-state index in [-0.39, 0.29) is 5.54 Å². The van der Waals surface area contributed by atoms with E-state index in [1.807, 2.05) is 19.2 Å². The van der Waals surface area contributed by atoms with Gasteiger partial charge in [-0.15, -0.1) is 0 Å². The van der Waals surface area contributed by atoms with Crippen LogP contribution in [0.25, 0.3) is 0 Å². The Morgan fingerprint density at radius 1 is 1.14 bits per heavy atom. The lowest BCUT2D eigenvalue weighted by Gasteiger charge is -2.54. The number of aromatic hydroxyl groups is 1. The van der Waals surface area contributed by atoms with Gasteiger partial charge in [0.25, 0.3) is 0 Å². The molecule has 21 heavy (non-hydrogen) atoms. The number of halogens is 1. The van der Waals surface area contributed by atoms with E-state index in [4.69, 9.17) is 16.6 Å². The summed E-state index contributed by atoms with van der Waals surface area (Å²) >= 11 is 6.10. The second kappa shape index (κ2) is 4.74. The van der Waals surface area contributed by atoms with Crippen molar-refractivity contribution in [3.63, 3.8) is 0 Å². The van der Waals surface area contributed by atoms with E-state index in [1.165, 1.54) is 38.5 Å². The average molecular weight is 304 g/mol. The molecule has 4 fully saturated rings. The molecule has 0 atom stereocenters. The van der Waals surface area contributed by atoms with Crippen LogP contribution in [-0.2, 0) is 0 Å². The van der Waals surface area contributed by atoms with Crippen molar-refractivity contribution in [2.75, 3.05) is 0 Å². The molecule has 4 saturated carbocycles. The Kier molecular flexibility index (Phi) is 3.08. The molecule has 0 unspecified atom stereocenters. The maximum absolute atomic E-state index is 10.2. The highest BCUT2D eigenvalue weighted by molar-refractivity contribution is 6.31. The standard InChI is InChI=1S/C18H22ClNO/c1-11-2-16(19)6-15(17(11)21)10-20-18-7-12-3-13(8-18)5-14(4-12)9-18/h2,6,10,12-14,21H,3-5,7-9H2,1H3. The second-order valence-corrected chi connectivity index (χ2v) is 8.00. The maximum Gasteiger partial charge on any atom is 0.127 e. The number of aliphatic imine (C=N–C) groups is 1. The van der Waals surface area contributed by atoms with Gasteiger partial charge in [0.2, 0.25) is 0 Å². The zero-order valence-corrected chi connectivity index (χ0v) is 13.2. The SMILES string of the molecule is Cc1cc(Cl)cc(C=NC23CC4CC(CC(C4)C2)C3)c1O. The molecule has 0 amide bonds. The summed E-state index contributed by atoms with van der Waals surface area (Å²) in [5.74, 6) is 2.99. The Morgan fingerprint density at radius 3 is 2.29 bits per heavy atom. The van der Waals surface area contributed by atoms with E-state index in [9.17, 15) is 5.11 Å². The number of nitrogens with zero attached hydrogens (tertiary/aromatic N) is 1. The van der Waals surface area contributed by atoms with Gasteiger partial charge >= 0.3 is 0 Å². The normalized spacial score (nSPS) is 37.5. The molecule has 1 aromatic carbocycles. The molecular formula is C18H22ClNO. The predicted molar refractivity (Wildman–Crippen MR) is 86.4 cm³/mol. The van der Waals surface area contributed by atoms with E-state index in [2.05, 4.69) is 0 Å². The van der Waals surface area contributed by atoms with Gasteiger partial charge in [0.1, 0.15) is 5.75 Å². The van der Waals surface area contributed by atoms with Crippen LogP contribution in [0.3, 0.4) is 0 Å². The third-order valence-corrected chi connectivity index (χ3v) is 6.00. The van der Waals surface area contributed by atoms with Crippen LogP contribution in [-0.4, -0.2) is 16.9 Å². The van der Waals surface area contributed by atoms with Gasteiger partial charge in [-0.1, -0.05) is 11.6 Å². The van der Waals surface area contributed by atoms with Crippen molar-refractivity contribution in [2.45, 2.75) is 51.0 Å².